The molecule has 8 nitrogen and oxygen atoms in total. The summed E-state index contributed by atoms with van der Waals surface area (Å²) in [6.45, 7) is 0. The van der Waals surface area contributed by atoms with Crippen molar-refractivity contribution in [3.8, 4) is 0 Å². The highest BCUT2D eigenvalue weighted by atomic mass is 32.2. The molecule has 2 rings (SSSR count). The van der Waals surface area contributed by atoms with Crippen molar-refractivity contribution in [1.82, 2.24) is 4.98 Å². The number of nitrogens with two attached hydrogens (primary N) is 1. The molecule has 1 aromatic rings. The van der Waals surface area contributed by atoms with Crippen molar-refractivity contribution in [3.05, 3.63) is 22.2 Å². The monoisotopic (exact) mass is 272 g/mol. The van der Waals surface area contributed by atoms with E-state index in [2.05, 4.69) is 10.3 Å². The van der Waals surface area contributed by atoms with E-state index in [0.717, 1.165) is 0 Å². The summed E-state index contributed by atoms with van der Waals surface area (Å²) in [5.74, 6) is 0.352. The van der Waals surface area contributed by atoms with E-state index in [9.17, 15) is 18.5 Å². The molecule has 0 saturated carbocycles. The van der Waals surface area contributed by atoms with E-state index in [1.807, 2.05) is 0 Å². The number of aromatic nitrogens is 1. The standard InChI is InChI=1S/C9H12N4O4S/c10-9-7(13(14)15)1-2-8(12-9)11-6-3-4-18(16,17)5-6/h1-2,6H,3-5H2,(H3,10,11,12). The van der Waals surface area contributed by atoms with Gasteiger partial charge in [-0.15, -0.1) is 0 Å². The van der Waals surface area contributed by atoms with Crippen LogP contribution >= 0.6 is 0 Å². The fraction of sp³-hybridized carbons (Fsp3) is 0.444. The van der Waals surface area contributed by atoms with Crippen LogP contribution in [0, 0.1) is 10.1 Å². The first-order valence-corrected chi connectivity index (χ1v) is 7.07. The number of sulfone groups is 1. The van der Waals surface area contributed by atoms with Crippen molar-refractivity contribution >= 4 is 27.2 Å². The van der Waals surface area contributed by atoms with Crippen LogP contribution in [0.2, 0.25) is 0 Å². The van der Waals surface area contributed by atoms with E-state index in [4.69, 9.17) is 5.73 Å². The van der Waals surface area contributed by atoms with Gasteiger partial charge in [-0.25, -0.2) is 13.4 Å². The quantitative estimate of drug-likeness (QED) is 0.592. The van der Waals surface area contributed by atoms with Crippen LogP contribution in [0.25, 0.3) is 0 Å². The zero-order valence-electron chi connectivity index (χ0n) is 9.37. The van der Waals surface area contributed by atoms with Crippen LogP contribution in [-0.4, -0.2) is 35.9 Å². The average molecular weight is 272 g/mol. The fourth-order valence-electron chi connectivity index (χ4n) is 1.82. The molecule has 1 aromatic heterocycles. The van der Waals surface area contributed by atoms with E-state index in [1.54, 1.807) is 0 Å². The Hall–Kier alpha value is -1.90. The molecule has 0 radical (unpaired) electrons. The predicted octanol–water partition coefficient (Wildman–Crippen LogP) is 0.171. The lowest BCUT2D eigenvalue weighted by molar-refractivity contribution is -0.384. The highest BCUT2D eigenvalue weighted by Crippen LogP contribution is 2.22. The zero-order valence-corrected chi connectivity index (χ0v) is 10.2. The van der Waals surface area contributed by atoms with Crippen molar-refractivity contribution < 1.29 is 13.3 Å². The summed E-state index contributed by atoms with van der Waals surface area (Å²) in [4.78, 5) is 13.8. The summed E-state index contributed by atoms with van der Waals surface area (Å²) in [7, 11) is -2.98. The average Bonchev–Trinajstić information content (AvgIpc) is 2.57. The molecule has 1 aliphatic rings. The van der Waals surface area contributed by atoms with Gasteiger partial charge < -0.3 is 11.1 Å². The fourth-order valence-corrected chi connectivity index (χ4v) is 3.49. The predicted molar refractivity (Wildman–Crippen MR) is 66.0 cm³/mol. The molecule has 3 N–H and O–H groups in total. The molecule has 0 amide bonds. The molecular weight excluding hydrogens is 260 g/mol. The highest BCUT2D eigenvalue weighted by Gasteiger charge is 2.28. The smallest absolute Gasteiger partial charge is 0.311 e. The number of hydrogen-bond acceptors (Lipinski definition) is 7. The number of pyridine rings is 1. The minimum Gasteiger partial charge on any atom is -0.378 e. The van der Waals surface area contributed by atoms with Crippen LogP contribution in [0.3, 0.4) is 0 Å². The van der Waals surface area contributed by atoms with Crippen LogP contribution in [0.4, 0.5) is 17.3 Å². The molecular formula is C9H12N4O4S. The zero-order chi connectivity index (χ0) is 13.3. The molecule has 1 unspecified atom stereocenters. The van der Waals surface area contributed by atoms with Gasteiger partial charge >= 0.3 is 5.69 Å². The third-order valence-electron chi connectivity index (χ3n) is 2.68. The second-order valence-corrected chi connectivity index (χ2v) is 6.33. The van der Waals surface area contributed by atoms with E-state index < -0.39 is 14.8 Å². The second kappa shape index (κ2) is 4.41. The third-order valence-corrected chi connectivity index (χ3v) is 4.45. The molecule has 18 heavy (non-hydrogen) atoms. The minimum absolute atomic E-state index is 0.0472. The van der Waals surface area contributed by atoms with Crippen LogP contribution in [0.1, 0.15) is 6.42 Å². The number of nitrogen functional groups attached to an aromatic ring is 1. The van der Waals surface area contributed by atoms with Crippen molar-refractivity contribution in [3.63, 3.8) is 0 Å². The first-order valence-electron chi connectivity index (χ1n) is 5.25. The summed E-state index contributed by atoms with van der Waals surface area (Å²) in [6.07, 6.45) is 0.501. The van der Waals surface area contributed by atoms with Gasteiger partial charge in [-0.05, 0) is 12.5 Å². The Bertz CT molecular complexity index is 586. The van der Waals surface area contributed by atoms with Crippen molar-refractivity contribution in [2.24, 2.45) is 0 Å². The van der Waals surface area contributed by atoms with Crippen molar-refractivity contribution in [2.45, 2.75) is 12.5 Å². The van der Waals surface area contributed by atoms with E-state index in [0.29, 0.717) is 12.2 Å². The second-order valence-electron chi connectivity index (χ2n) is 4.10. The SMILES string of the molecule is Nc1nc(NC2CCS(=O)(=O)C2)ccc1[N+](=O)[O-]. The van der Waals surface area contributed by atoms with Gasteiger partial charge in [0, 0.05) is 12.1 Å². The van der Waals surface area contributed by atoms with E-state index in [1.165, 1.54) is 12.1 Å². The number of nitrogens with one attached hydrogen (secondary N) is 1. The van der Waals surface area contributed by atoms with Gasteiger partial charge in [0.1, 0.15) is 5.82 Å². The molecule has 0 aromatic carbocycles. The number of rotatable bonds is 3. The molecule has 1 aliphatic heterocycles. The number of nitrogens with zero attached hydrogens (tertiary/aromatic N) is 2. The first-order chi connectivity index (χ1) is 8.37. The Balaban J connectivity index is 2.12. The number of hydrogen-bond donors (Lipinski definition) is 2. The summed E-state index contributed by atoms with van der Waals surface area (Å²) < 4.78 is 22.5. The van der Waals surface area contributed by atoms with Gasteiger partial charge in [-0.1, -0.05) is 0 Å². The van der Waals surface area contributed by atoms with Crippen LogP contribution in [-0.2, 0) is 9.84 Å². The van der Waals surface area contributed by atoms with Crippen LogP contribution < -0.4 is 11.1 Å². The van der Waals surface area contributed by atoms with Gasteiger partial charge in [-0.3, -0.25) is 10.1 Å². The molecule has 9 heteroatoms. The van der Waals surface area contributed by atoms with E-state index in [-0.39, 0.29) is 29.1 Å². The largest absolute Gasteiger partial charge is 0.378 e. The molecule has 2 heterocycles. The summed E-state index contributed by atoms with van der Waals surface area (Å²) in [5.41, 5.74) is 5.17. The Morgan fingerprint density at radius 3 is 2.72 bits per heavy atom. The lowest BCUT2D eigenvalue weighted by atomic mass is 10.2. The summed E-state index contributed by atoms with van der Waals surface area (Å²) in [6, 6.07) is 2.44. The maximum atomic E-state index is 11.3. The highest BCUT2D eigenvalue weighted by molar-refractivity contribution is 7.91. The van der Waals surface area contributed by atoms with Gasteiger partial charge in [0.15, 0.2) is 9.84 Å². The topological polar surface area (TPSA) is 128 Å². The maximum Gasteiger partial charge on any atom is 0.311 e. The van der Waals surface area contributed by atoms with Crippen molar-refractivity contribution in [1.29, 1.82) is 0 Å². The number of nitro groups is 1. The Morgan fingerprint density at radius 2 is 2.22 bits per heavy atom. The normalized spacial score (nSPS) is 21.7. The van der Waals surface area contributed by atoms with E-state index >= 15 is 0 Å². The van der Waals surface area contributed by atoms with Gasteiger partial charge in [-0.2, -0.15) is 0 Å². The van der Waals surface area contributed by atoms with Gasteiger partial charge in [0.2, 0.25) is 5.82 Å². The van der Waals surface area contributed by atoms with Crippen LogP contribution in [0.5, 0.6) is 0 Å². The van der Waals surface area contributed by atoms with Gasteiger partial charge in [0.05, 0.1) is 16.4 Å². The van der Waals surface area contributed by atoms with Gasteiger partial charge in [0.25, 0.3) is 0 Å². The molecule has 0 aliphatic carbocycles. The molecule has 1 atom stereocenters. The van der Waals surface area contributed by atoms with Crippen LogP contribution in [0.15, 0.2) is 12.1 Å². The Labute approximate surface area is 103 Å². The first kappa shape index (κ1) is 12.6. The lowest BCUT2D eigenvalue weighted by Gasteiger charge is -2.11. The molecule has 1 saturated heterocycles. The Morgan fingerprint density at radius 1 is 1.50 bits per heavy atom. The molecule has 98 valence electrons. The Kier molecular flexibility index (Phi) is 3.07. The third kappa shape index (κ3) is 2.67. The summed E-state index contributed by atoms with van der Waals surface area (Å²) in [5, 5.41) is 13.5. The minimum atomic E-state index is -2.98. The number of anilines is 2. The summed E-state index contributed by atoms with van der Waals surface area (Å²) >= 11 is 0. The van der Waals surface area contributed by atoms with Crippen molar-refractivity contribution in [2.75, 3.05) is 22.6 Å². The lowest BCUT2D eigenvalue weighted by Crippen LogP contribution is -2.21. The molecule has 0 spiro atoms. The molecule has 1 fully saturated rings. The maximum absolute atomic E-state index is 11.3. The molecule has 0 bridgehead atoms.